The van der Waals surface area contributed by atoms with Crippen molar-refractivity contribution in [1.29, 1.82) is 0 Å². The summed E-state index contributed by atoms with van der Waals surface area (Å²) in [5.41, 5.74) is 0.772. The van der Waals surface area contributed by atoms with Crippen LogP contribution in [0.25, 0.3) is 5.65 Å². The first-order valence-electron chi connectivity index (χ1n) is 6.93. The molecule has 0 atom stereocenters. The number of ether oxygens (including phenoxy) is 1. The van der Waals surface area contributed by atoms with Crippen LogP contribution in [-0.2, 0) is 0 Å². The second-order valence-corrected chi connectivity index (χ2v) is 5.46. The van der Waals surface area contributed by atoms with Crippen molar-refractivity contribution in [2.45, 2.75) is 45.4 Å². The lowest BCUT2D eigenvalue weighted by molar-refractivity contribution is 0.294. The Morgan fingerprint density at radius 3 is 2.84 bits per heavy atom. The third kappa shape index (κ3) is 4.20. The predicted octanol–water partition coefficient (Wildman–Crippen LogP) is 4.23. The largest absolute Gasteiger partial charge is 0.475 e. The van der Waals surface area contributed by atoms with Gasteiger partial charge >= 0.3 is 0 Å². The Morgan fingerprint density at radius 2 is 2.00 bits per heavy atom. The van der Waals surface area contributed by atoms with Crippen LogP contribution in [0.4, 0.5) is 0 Å². The van der Waals surface area contributed by atoms with E-state index < -0.39 is 0 Å². The van der Waals surface area contributed by atoms with Gasteiger partial charge in [-0.2, -0.15) is 0 Å². The minimum absolute atomic E-state index is 0.605. The zero-order valence-electron chi connectivity index (χ0n) is 11.3. The van der Waals surface area contributed by atoms with Crippen LogP contribution in [0, 0.1) is 0 Å². The van der Waals surface area contributed by atoms with E-state index in [0.29, 0.717) is 12.5 Å². The van der Waals surface area contributed by atoms with Gasteiger partial charge in [-0.15, -0.1) is 0 Å². The van der Waals surface area contributed by atoms with Crippen molar-refractivity contribution in [3.8, 4) is 5.88 Å². The maximum Gasteiger partial charge on any atom is 0.259 e. The number of imidazole rings is 1. The highest BCUT2D eigenvalue weighted by atomic mass is 79.9. The molecule has 2 aromatic heterocycles. The lowest BCUT2D eigenvalue weighted by Crippen LogP contribution is -2.02. The lowest BCUT2D eigenvalue weighted by Gasteiger charge is -2.07. The van der Waals surface area contributed by atoms with Crippen LogP contribution in [0.5, 0.6) is 5.88 Å². The molecule has 2 heterocycles. The molecule has 0 spiro atoms. The molecule has 0 aliphatic carbocycles. The van der Waals surface area contributed by atoms with Crippen LogP contribution in [0.1, 0.15) is 45.4 Å². The third-order valence-electron chi connectivity index (χ3n) is 3.05. The van der Waals surface area contributed by atoms with Crippen LogP contribution >= 0.6 is 15.9 Å². The fraction of sp³-hybridized carbons (Fsp3) is 0.571. The Morgan fingerprint density at radius 1 is 1.21 bits per heavy atom. The molecule has 5 heteroatoms. The molecule has 104 valence electrons. The van der Waals surface area contributed by atoms with Gasteiger partial charge in [0.1, 0.15) is 4.60 Å². The van der Waals surface area contributed by atoms with Gasteiger partial charge in [0, 0.05) is 18.6 Å². The van der Waals surface area contributed by atoms with E-state index in [2.05, 4.69) is 32.8 Å². The van der Waals surface area contributed by atoms with Crippen molar-refractivity contribution in [3.63, 3.8) is 0 Å². The Labute approximate surface area is 122 Å². The van der Waals surface area contributed by atoms with Crippen molar-refractivity contribution >= 4 is 21.6 Å². The molecular formula is C14H20BrN3O. The minimum atomic E-state index is 0.605. The van der Waals surface area contributed by atoms with Crippen molar-refractivity contribution < 1.29 is 4.74 Å². The van der Waals surface area contributed by atoms with Gasteiger partial charge in [-0.05, 0) is 22.4 Å². The standard InChI is InChI=1S/C14H20BrN3O/c1-2-3-4-5-6-7-10-19-14-13-16-8-9-18(13)11-12(15)17-14/h8-9,11H,2-7,10H2,1H3. The highest BCUT2D eigenvalue weighted by Crippen LogP contribution is 2.19. The molecule has 0 saturated heterocycles. The van der Waals surface area contributed by atoms with E-state index in [1.807, 2.05) is 16.8 Å². The van der Waals surface area contributed by atoms with Gasteiger partial charge in [-0.3, -0.25) is 4.40 Å². The average molecular weight is 326 g/mol. The summed E-state index contributed by atoms with van der Waals surface area (Å²) in [7, 11) is 0. The first-order valence-corrected chi connectivity index (χ1v) is 7.72. The van der Waals surface area contributed by atoms with Gasteiger partial charge in [0.2, 0.25) is 5.65 Å². The molecule has 2 rings (SSSR count). The molecule has 0 N–H and O–H groups in total. The minimum Gasteiger partial charge on any atom is -0.475 e. The highest BCUT2D eigenvalue weighted by Gasteiger charge is 2.07. The normalized spacial score (nSPS) is 11.1. The predicted molar refractivity (Wildman–Crippen MR) is 79.6 cm³/mol. The van der Waals surface area contributed by atoms with Gasteiger partial charge in [0.05, 0.1) is 6.61 Å². The topological polar surface area (TPSA) is 39.4 Å². The smallest absolute Gasteiger partial charge is 0.259 e. The number of rotatable bonds is 8. The van der Waals surface area contributed by atoms with Crippen LogP contribution in [-0.4, -0.2) is 21.0 Å². The zero-order chi connectivity index (χ0) is 13.5. The Bertz CT molecular complexity index is 512. The molecule has 19 heavy (non-hydrogen) atoms. The summed E-state index contributed by atoms with van der Waals surface area (Å²) < 4.78 is 8.41. The monoisotopic (exact) mass is 325 g/mol. The van der Waals surface area contributed by atoms with E-state index in [0.717, 1.165) is 16.7 Å². The van der Waals surface area contributed by atoms with Crippen molar-refractivity contribution in [2.75, 3.05) is 6.61 Å². The summed E-state index contributed by atoms with van der Waals surface area (Å²) >= 11 is 3.38. The maximum absolute atomic E-state index is 5.74. The SMILES string of the molecule is CCCCCCCCOc1nc(Br)cn2ccnc12. The van der Waals surface area contributed by atoms with Crippen LogP contribution in [0.3, 0.4) is 0 Å². The van der Waals surface area contributed by atoms with Gasteiger partial charge in [-0.25, -0.2) is 9.97 Å². The molecule has 0 unspecified atom stereocenters. The first kappa shape index (κ1) is 14.3. The van der Waals surface area contributed by atoms with E-state index >= 15 is 0 Å². The van der Waals surface area contributed by atoms with Gasteiger partial charge in [0.15, 0.2) is 0 Å². The van der Waals surface area contributed by atoms with Gasteiger partial charge in [-0.1, -0.05) is 39.0 Å². The summed E-state index contributed by atoms with van der Waals surface area (Å²) in [6.45, 7) is 2.94. The molecule has 0 aromatic carbocycles. The summed E-state index contributed by atoms with van der Waals surface area (Å²) in [5, 5.41) is 0. The van der Waals surface area contributed by atoms with E-state index in [1.165, 1.54) is 32.1 Å². The number of halogens is 1. The maximum atomic E-state index is 5.74. The molecule has 0 aliphatic rings. The molecule has 0 amide bonds. The number of aromatic nitrogens is 3. The zero-order valence-corrected chi connectivity index (χ0v) is 12.9. The Kier molecular flexibility index (Phi) is 5.63. The molecule has 4 nitrogen and oxygen atoms in total. The second kappa shape index (κ2) is 7.48. The van der Waals surface area contributed by atoms with Crippen molar-refractivity contribution in [2.24, 2.45) is 0 Å². The van der Waals surface area contributed by atoms with Crippen LogP contribution in [0.2, 0.25) is 0 Å². The van der Waals surface area contributed by atoms with Gasteiger partial charge in [0.25, 0.3) is 5.88 Å². The van der Waals surface area contributed by atoms with Gasteiger partial charge < -0.3 is 4.74 Å². The molecule has 0 saturated carbocycles. The van der Waals surface area contributed by atoms with E-state index in [9.17, 15) is 0 Å². The van der Waals surface area contributed by atoms with Crippen molar-refractivity contribution in [1.82, 2.24) is 14.4 Å². The molecule has 0 aliphatic heterocycles. The summed E-state index contributed by atoms with van der Waals surface area (Å²) in [6.07, 6.45) is 13.1. The van der Waals surface area contributed by atoms with E-state index in [4.69, 9.17) is 4.74 Å². The summed E-state index contributed by atoms with van der Waals surface area (Å²) in [6, 6.07) is 0. The van der Waals surface area contributed by atoms with Crippen LogP contribution < -0.4 is 4.74 Å². The number of hydrogen-bond donors (Lipinski definition) is 0. The van der Waals surface area contributed by atoms with Crippen LogP contribution in [0.15, 0.2) is 23.2 Å². The third-order valence-corrected chi connectivity index (χ3v) is 3.43. The van der Waals surface area contributed by atoms with E-state index in [1.54, 1.807) is 6.20 Å². The Hall–Kier alpha value is -1.10. The number of fused-ring (bicyclic) bond motifs is 1. The average Bonchev–Trinajstić information content (AvgIpc) is 2.85. The van der Waals surface area contributed by atoms with E-state index in [-0.39, 0.29) is 0 Å². The molecule has 0 radical (unpaired) electrons. The number of unbranched alkanes of at least 4 members (excludes halogenated alkanes) is 5. The molecular weight excluding hydrogens is 306 g/mol. The lowest BCUT2D eigenvalue weighted by atomic mass is 10.1. The summed E-state index contributed by atoms with van der Waals surface area (Å²) in [4.78, 5) is 8.59. The quantitative estimate of drug-likeness (QED) is 0.682. The molecule has 0 fully saturated rings. The second-order valence-electron chi connectivity index (χ2n) is 4.64. The number of nitrogens with zero attached hydrogens (tertiary/aromatic N) is 3. The fourth-order valence-electron chi connectivity index (χ4n) is 2.02. The molecule has 2 aromatic rings. The summed E-state index contributed by atoms with van der Waals surface area (Å²) in [5.74, 6) is 0.605. The van der Waals surface area contributed by atoms with Crippen molar-refractivity contribution in [3.05, 3.63) is 23.2 Å². The number of hydrogen-bond acceptors (Lipinski definition) is 3. The fourth-order valence-corrected chi connectivity index (χ4v) is 2.40. The molecule has 0 bridgehead atoms. The first-order chi connectivity index (χ1) is 9.31. The Balaban J connectivity index is 1.79. The highest BCUT2D eigenvalue weighted by molar-refractivity contribution is 9.10.